The monoisotopic (exact) mass is 484 g/mol. The van der Waals surface area contributed by atoms with Crippen LogP contribution in [0, 0.1) is 0 Å². The van der Waals surface area contributed by atoms with E-state index in [0.29, 0.717) is 18.9 Å². The van der Waals surface area contributed by atoms with Gasteiger partial charge in [-0.25, -0.2) is 13.2 Å². The molecule has 2 aromatic carbocycles. The predicted octanol–water partition coefficient (Wildman–Crippen LogP) is 2.49. The average molecular weight is 484 g/mol. The third-order valence-electron chi connectivity index (χ3n) is 4.68. The molecular formula is C21H22F2N2O7S. The molecule has 2 aromatic rings. The Morgan fingerprint density at radius 3 is 2.39 bits per heavy atom. The fourth-order valence-electron chi connectivity index (χ4n) is 2.97. The van der Waals surface area contributed by atoms with E-state index in [1.165, 1.54) is 53.7 Å². The Balaban J connectivity index is 1.59. The first kappa shape index (κ1) is 24.6. The number of amides is 1. The van der Waals surface area contributed by atoms with Crippen molar-refractivity contribution in [2.45, 2.75) is 24.5 Å². The Morgan fingerprint density at radius 2 is 1.76 bits per heavy atom. The molecule has 1 fully saturated rings. The highest BCUT2D eigenvalue weighted by molar-refractivity contribution is 7.89. The lowest BCUT2D eigenvalue weighted by molar-refractivity contribution is -0.123. The molecule has 0 unspecified atom stereocenters. The van der Waals surface area contributed by atoms with Crippen molar-refractivity contribution in [3.8, 4) is 5.75 Å². The second-order valence-electron chi connectivity index (χ2n) is 6.98. The Morgan fingerprint density at radius 1 is 1.09 bits per heavy atom. The molecule has 1 heterocycles. The number of nitrogens with zero attached hydrogens (tertiary/aromatic N) is 1. The standard InChI is InChI=1S/C21H22F2N2O7S/c1-14(31-20(27)15-3-2-4-17(13-15)32-21(22)23)19(26)24-16-5-7-18(8-6-16)33(28,29)25-9-11-30-12-10-25/h2-8,13-14,21H,9-12H2,1H3,(H,24,26)/t14-/m0/s1. The maximum Gasteiger partial charge on any atom is 0.387 e. The molecule has 1 atom stereocenters. The average Bonchev–Trinajstić information content (AvgIpc) is 2.79. The van der Waals surface area contributed by atoms with Gasteiger partial charge in [-0.2, -0.15) is 13.1 Å². The van der Waals surface area contributed by atoms with E-state index in [1.807, 2.05) is 0 Å². The van der Waals surface area contributed by atoms with Crippen LogP contribution >= 0.6 is 0 Å². The number of nitrogens with one attached hydrogen (secondary N) is 1. The minimum atomic E-state index is -3.67. The van der Waals surface area contributed by atoms with Crippen molar-refractivity contribution in [2.24, 2.45) is 0 Å². The Labute approximate surface area is 189 Å². The molecule has 0 spiro atoms. The van der Waals surface area contributed by atoms with Crippen LogP contribution in [0.2, 0.25) is 0 Å². The van der Waals surface area contributed by atoms with Crippen LogP contribution < -0.4 is 10.1 Å². The Hall–Kier alpha value is -3.09. The third-order valence-corrected chi connectivity index (χ3v) is 6.59. The van der Waals surface area contributed by atoms with Gasteiger partial charge < -0.3 is 19.5 Å². The van der Waals surface area contributed by atoms with Crippen molar-refractivity contribution in [1.29, 1.82) is 0 Å². The molecule has 1 amide bonds. The predicted molar refractivity (Wildman–Crippen MR) is 113 cm³/mol. The number of hydrogen-bond donors (Lipinski definition) is 1. The molecule has 1 saturated heterocycles. The van der Waals surface area contributed by atoms with E-state index in [4.69, 9.17) is 9.47 Å². The molecule has 1 N–H and O–H groups in total. The summed E-state index contributed by atoms with van der Waals surface area (Å²) < 4.78 is 65.8. The number of halogens is 2. The number of esters is 1. The Kier molecular flexibility index (Phi) is 7.95. The van der Waals surface area contributed by atoms with Crippen LogP contribution in [0.15, 0.2) is 53.4 Å². The largest absolute Gasteiger partial charge is 0.449 e. The summed E-state index contributed by atoms with van der Waals surface area (Å²) in [6, 6.07) is 10.6. The van der Waals surface area contributed by atoms with Crippen LogP contribution in [-0.2, 0) is 24.3 Å². The topological polar surface area (TPSA) is 111 Å². The van der Waals surface area contributed by atoms with E-state index in [9.17, 15) is 26.8 Å². The highest BCUT2D eigenvalue weighted by atomic mass is 32.2. The molecule has 1 aliphatic heterocycles. The summed E-state index contributed by atoms with van der Waals surface area (Å²) in [7, 11) is -3.67. The molecule has 12 heteroatoms. The summed E-state index contributed by atoms with van der Waals surface area (Å²) in [4.78, 5) is 24.7. The number of anilines is 1. The molecule has 0 bridgehead atoms. The van der Waals surface area contributed by atoms with Crippen LogP contribution in [0.3, 0.4) is 0 Å². The van der Waals surface area contributed by atoms with E-state index < -0.39 is 34.6 Å². The minimum absolute atomic E-state index is 0.0644. The van der Waals surface area contributed by atoms with Crippen molar-refractivity contribution in [3.63, 3.8) is 0 Å². The summed E-state index contributed by atoms with van der Waals surface area (Å²) in [5.41, 5.74) is 0.238. The van der Waals surface area contributed by atoms with Gasteiger partial charge in [0, 0.05) is 18.8 Å². The zero-order valence-corrected chi connectivity index (χ0v) is 18.4. The fraction of sp³-hybridized carbons (Fsp3) is 0.333. The van der Waals surface area contributed by atoms with Crippen LogP contribution in [-0.4, -0.2) is 63.6 Å². The van der Waals surface area contributed by atoms with Crippen molar-refractivity contribution >= 4 is 27.6 Å². The second kappa shape index (κ2) is 10.7. The SMILES string of the molecule is C[C@H](OC(=O)c1cccc(OC(F)F)c1)C(=O)Nc1ccc(S(=O)(=O)N2CCOCC2)cc1. The first-order valence-electron chi connectivity index (χ1n) is 9.91. The second-order valence-corrected chi connectivity index (χ2v) is 8.92. The first-order chi connectivity index (χ1) is 15.7. The van der Waals surface area contributed by atoms with Gasteiger partial charge >= 0.3 is 12.6 Å². The molecule has 1 aliphatic rings. The lowest BCUT2D eigenvalue weighted by atomic mass is 10.2. The van der Waals surface area contributed by atoms with Crippen LogP contribution in [0.4, 0.5) is 14.5 Å². The van der Waals surface area contributed by atoms with E-state index in [2.05, 4.69) is 10.1 Å². The van der Waals surface area contributed by atoms with Gasteiger partial charge in [0.1, 0.15) is 5.75 Å². The summed E-state index contributed by atoms with van der Waals surface area (Å²) in [6.07, 6.45) is -1.21. The maximum absolute atomic E-state index is 12.6. The molecular weight excluding hydrogens is 462 g/mol. The zero-order chi connectivity index (χ0) is 24.0. The van der Waals surface area contributed by atoms with Gasteiger partial charge in [-0.05, 0) is 49.4 Å². The van der Waals surface area contributed by atoms with Crippen molar-refractivity contribution in [3.05, 3.63) is 54.1 Å². The Bertz CT molecular complexity index is 1090. The zero-order valence-electron chi connectivity index (χ0n) is 17.6. The van der Waals surface area contributed by atoms with Gasteiger partial charge in [0.15, 0.2) is 6.10 Å². The van der Waals surface area contributed by atoms with Gasteiger partial charge in [-0.15, -0.1) is 0 Å². The quantitative estimate of drug-likeness (QED) is 0.573. The molecule has 3 rings (SSSR count). The fourth-order valence-corrected chi connectivity index (χ4v) is 4.38. The molecule has 0 aliphatic carbocycles. The minimum Gasteiger partial charge on any atom is -0.449 e. The molecule has 0 aromatic heterocycles. The normalized spacial score (nSPS) is 15.6. The van der Waals surface area contributed by atoms with E-state index >= 15 is 0 Å². The number of alkyl halides is 2. The molecule has 0 radical (unpaired) electrons. The number of carbonyl (C=O) groups excluding carboxylic acids is 2. The maximum atomic E-state index is 12.6. The summed E-state index contributed by atoms with van der Waals surface area (Å²) in [6.45, 7) is -0.525. The summed E-state index contributed by atoms with van der Waals surface area (Å²) >= 11 is 0. The number of rotatable bonds is 8. The molecule has 9 nitrogen and oxygen atoms in total. The van der Waals surface area contributed by atoms with Crippen LogP contribution in [0.5, 0.6) is 5.75 Å². The van der Waals surface area contributed by atoms with Gasteiger partial charge in [0.25, 0.3) is 5.91 Å². The van der Waals surface area contributed by atoms with Gasteiger partial charge in [-0.3, -0.25) is 4.79 Å². The van der Waals surface area contributed by atoms with Gasteiger partial charge in [0.05, 0.1) is 23.7 Å². The van der Waals surface area contributed by atoms with E-state index in [-0.39, 0.29) is 29.3 Å². The molecule has 33 heavy (non-hydrogen) atoms. The van der Waals surface area contributed by atoms with Crippen LogP contribution in [0.1, 0.15) is 17.3 Å². The number of carbonyl (C=O) groups is 2. The lowest BCUT2D eigenvalue weighted by Gasteiger charge is -2.26. The van der Waals surface area contributed by atoms with E-state index in [0.717, 1.165) is 6.07 Å². The highest BCUT2D eigenvalue weighted by Crippen LogP contribution is 2.20. The molecule has 178 valence electrons. The van der Waals surface area contributed by atoms with Crippen molar-refractivity contribution in [2.75, 3.05) is 31.6 Å². The first-order valence-corrected chi connectivity index (χ1v) is 11.4. The number of ether oxygens (including phenoxy) is 3. The third kappa shape index (κ3) is 6.46. The summed E-state index contributed by atoms with van der Waals surface area (Å²) in [5, 5.41) is 2.53. The summed E-state index contributed by atoms with van der Waals surface area (Å²) in [5.74, 6) is -1.78. The van der Waals surface area contributed by atoms with Crippen molar-refractivity contribution < 1.29 is 41.0 Å². The van der Waals surface area contributed by atoms with Crippen LogP contribution in [0.25, 0.3) is 0 Å². The number of hydrogen-bond acceptors (Lipinski definition) is 7. The van der Waals surface area contributed by atoms with Crippen molar-refractivity contribution in [1.82, 2.24) is 4.31 Å². The lowest BCUT2D eigenvalue weighted by Crippen LogP contribution is -2.40. The number of morpholine rings is 1. The number of benzene rings is 2. The van der Waals surface area contributed by atoms with Gasteiger partial charge in [-0.1, -0.05) is 6.07 Å². The van der Waals surface area contributed by atoms with Gasteiger partial charge in [0.2, 0.25) is 10.0 Å². The highest BCUT2D eigenvalue weighted by Gasteiger charge is 2.26. The smallest absolute Gasteiger partial charge is 0.387 e. The number of sulfonamides is 1. The molecule has 0 saturated carbocycles. The van der Waals surface area contributed by atoms with E-state index in [1.54, 1.807) is 0 Å².